The number of β-lactam (4-membered cyclic amide) rings is 1. The number of likely N-dealkylation sites (N-methyl/N-ethyl adjacent to an activating group) is 1. The first-order valence-corrected chi connectivity index (χ1v) is 11.6. The van der Waals surface area contributed by atoms with Crippen LogP contribution in [0.15, 0.2) is 10.6 Å². The number of carbonyl (C=O) groups excluding carboxylic acids is 2. The zero-order valence-corrected chi connectivity index (χ0v) is 18.8. The molecular weight excluding hydrogens is 424 g/mol. The number of carboxylic acids is 1. The fraction of sp³-hybridized carbons (Fsp3) is 0.750. The molecule has 3 saturated heterocycles. The van der Waals surface area contributed by atoms with Crippen LogP contribution in [0.4, 0.5) is 0 Å². The van der Waals surface area contributed by atoms with Crippen molar-refractivity contribution < 1.29 is 34.1 Å². The predicted octanol–water partition coefficient (Wildman–Crippen LogP) is -0.760. The van der Waals surface area contributed by atoms with E-state index in [1.807, 2.05) is 14.0 Å². The van der Waals surface area contributed by atoms with Crippen LogP contribution in [0.5, 0.6) is 0 Å². The number of thioether (sulfide) groups is 1. The van der Waals surface area contributed by atoms with Crippen LogP contribution in [0, 0.1) is 11.8 Å². The molecule has 0 aromatic rings. The number of aliphatic hydroxyl groups excluding tert-OH is 1. The van der Waals surface area contributed by atoms with E-state index < -0.39 is 23.9 Å². The topological polar surface area (TPSA) is 142 Å². The molecule has 5 N–H and O–H groups in total. The zero-order valence-electron chi connectivity index (χ0n) is 18.0. The summed E-state index contributed by atoms with van der Waals surface area (Å²) in [6.45, 7) is 5.08. The lowest BCUT2D eigenvalue weighted by molar-refractivity contribution is -1.07. The number of aliphatic hydroxyl groups is 1. The van der Waals surface area contributed by atoms with Crippen molar-refractivity contribution in [2.45, 2.75) is 56.2 Å². The minimum Gasteiger partial charge on any atom is -0.477 e. The average molecular weight is 456 g/mol. The maximum atomic E-state index is 12.5. The number of nitrogens with two attached hydrogens (primary N) is 1. The second kappa shape index (κ2) is 8.04. The molecular formula is C20H31N4O6S+. The van der Waals surface area contributed by atoms with E-state index in [4.69, 9.17) is 10.6 Å². The summed E-state index contributed by atoms with van der Waals surface area (Å²) in [4.78, 5) is 44.0. The Morgan fingerprint density at radius 2 is 2.16 bits per heavy atom. The van der Waals surface area contributed by atoms with Crippen LogP contribution in [0.1, 0.15) is 26.7 Å². The van der Waals surface area contributed by atoms with Gasteiger partial charge in [0.1, 0.15) is 18.3 Å². The van der Waals surface area contributed by atoms with E-state index in [-0.39, 0.29) is 52.2 Å². The van der Waals surface area contributed by atoms with E-state index in [0.717, 1.165) is 12.8 Å². The molecule has 0 saturated carbocycles. The number of hydrogen-bond acceptors (Lipinski definition) is 7. The van der Waals surface area contributed by atoms with Gasteiger partial charge in [0.05, 0.1) is 25.1 Å². The van der Waals surface area contributed by atoms with Gasteiger partial charge in [-0.25, -0.2) is 4.79 Å². The van der Waals surface area contributed by atoms with Crippen LogP contribution < -0.4 is 11.1 Å². The molecule has 11 heteroatoms. The number of primary amides is 1. The van der Waals surface area contributed by atoms with Crippen LogP contribution in [-0.2, 0) is 19.2 Å². The number of hydroxylamine groups is 3. The minimum absolute atomic E-state index is 0.0370. The maximum absolute atomic E-state index is 12.5. The molecule has 4 aliphatic rings. The van der Waals surface area contributed by atoms with Gasteiger partial charge in [-0.3, -0.25) is 9.59 Å². The molecule has 2 amide bonds. The zero-order chi connectivity index (χ0) is 22.7. The first-order valence-electron chi connectivity index (χ1n) is 10.7. The van der Waals surface area contributed by atoms with Crippen LogP contribution in [0.3, 0.4) is 0 Å². The van der Waals surface area contributed by atoms with Crippen LogP contribution >= 0.6 is 11.8 Å². The highest BCUT2D eigenvalue weighted by molar-refractivity contribution is 8.03. The quantitative estimate of drug-likeness (QED) is 0.290. The number of nitrogens with zero attached hydrogens (tertiary/aromatic N) is 2. The summed E-state index contributed by atoms with van der Waals surface area (Å²) in [5.74, 6) is -2.49. The molecule has 2 unspecified atom stereocenters. The third kappa shape index (κ3) is 3.86. The summed E-state index contributed by atoms with van der Waals surface area (Å²) in [6, 6.07) is -0.184. The highest BCUT2D eigenvalue weighted by Crippen LogP contribution is 2.52. The minimum atomic E-state index is -1.10. The summed E-state index contributed by atoms with van der Waals surface area (Å²) < 4.78 is 0.181. The Morgan fingerprint density at radius 3 is 2.77 bits per heavy atom. The highest BCUT2D eigenvalue weighted by atomic mass is 32.2. The molecule has 4 rings (SSSR count). The Labute approximate surface area is 185 Å². The molecule has 3 fully saturated rings. The standard InChI is InChI=1S/C20H30N4O6S/c1-9-16-15(10(2)25)19(27)23(16)17(20(28)29)18(9)31-11-6-12(22-7-11)13-4-5-24(3,30-13)8-14(21)26/h9-13,15-16,22,25H,4-8H2,1-3H3,(H2-,21,26,28,29)/p+1/t9-,10-,11+,12+,13?,15-,16-,24?/m1/s1. The van der Waals surface area contributed by atoms with Crippen molar-refractivity contribution in [2.24, 2.45) is 17.6 Å². The van der Waals surface area contributed by atoms with Gasteiger partial charge in [-0.1, -0.05) is 6.92 Å². The van der Waals surface area contributed by atoms with E-state index in [2.05, 4.69) is 5.32 Å². The second-order valence-corrected chi connectivity index (χ2v) is 10.7. The van der Waals surface area contributed by atoms with Crippen molar-refractivity contribution in [3.8, 4) is 0 Å². The number of rotatable bonds is 7. The van der Waals surface area contributed by atoms with Crippen molar-refractivity contribution >= 4 is 29.5 Å². The van der Waals surface area contributed by atoms with Gasteiger partial charge in [0.15, 0.2) is 6.54 Å². The number of aliphatic carboxylic acids is 1. The van der Waals surface area contributed by atoms with Crippen LogP contribution in [0.2, 0.25) is 0 Å². The van der Waals surface area contributed by atoms with E-state index in [1.165, 1.54) is 16.7 Å². The van der Waals surface area contributed by atoms with Gasteiger partial charge in [0, 0.05) is 35.1 Å². The lowest BCUT2D eigenvalue weighted by Gasteiger charge is -2.46. The fourth-order valence-corrected chi connectivity index (χ4v) is 7.01. The number of carbonyl (C=O) groups is 3. The van der Waals surface area contributed by atoms with E-state index in [1.54, 1.807) is 6.92 Å². The third-order valence-electron chi connectivity index (χ3n) is 6.94. The molecule has 0 aliphatic carbocycles. The number of hydrogen-bond donors (Lipinski definition) is 4. The Hall–Kier alpha value is -1.66. The average Bonchev–Trinajstić information content (AvgIpc) is 3.32. The lowest BCUT2D eigenvalue weighted by atomic mass is 9.79. The predicted molar refractivity (Wildman–Crippen MR) is 112 cm³/mol. The molecule has 0 aromatic heterocycles. The smallest absolute Gasteiger partial charge is 0.353 e. The molecule has 31 heavy (non-hydrogen) atoms. The maximum Gasteiger partial charge on any atom is 0.353 e. The van der Waals surface area contributed by atoms with Gasteiger partial charge in [-0.2, -0.15) is 9.48 Å². The molecule has 10 nitrogen and oxygen atoms in total. The summed E-state index contributed by atoms with van der Waals surface area (Å²) >= 11 is 1.52. The highest BCUT2D eigenvalue weighted by Gasteiger charge is 2.60. The Kier molecular flexibility index (Phi) is 5.84. The Morgan fingerprint density at radius 1 is 1.45 bits per heavy atom. The van der Waals surface area contributed by atoms with Crippen LogP contribution in [0.25, 0.3) is 0 Å². The number of fused-ring (bicyclic) bond motifs is 1. The molecule has 4 aliphatic heterocycles. The lowest BCUT2D eigenvalue weighted by Crippen LogP contribution is -2.63. The van der Waals surface area contributed by atoms with Gasteiger partial charge in [0.2, 0.25) is 5.91 Å². The molecule has 172 valence electrons. The first kappa shape index (κ1) is 22.5. The van der Waals surface area contributed by atoms with Crippen molar-refractivity contribution in [1.29, 1.82) is 0 Å². The van der Waals surface area contributed by atoms with Gasteiger partial charge in [0.25, 0.3) is 5.91 Å². The van der Waals surface area contributed by atoms with Crippen LogP contribution in [-0.4, -0.2) is 93.8 Å². The molecule has 8 atom stereocenters. The van der Waals surface area contributed by atoms with E-state index in [9.17, 15) is 24.6 Å². The van der Waals surface area contributed by atoms with E-state index >= 15 is 0 Å². The normalized spacial score (nSPS) is 40.8. The van der Waals surface area contributed by atoms with Gasteiger partial charge in [-0.15, -0.1) is 11.8 Å². The first-order chi connectivity index (χ1) is 14.5. The third-order valence-corrected chi connectivity index (χ3v) is 8.46. The van der Waals surface area contributed by atoms with E-state index in [0.29, 0.717) is 18.0 Å². The fourth-order valence-electron chi connectivity index (χ4n) is 5.52. The van der Waals surface area contributed by atoms with Gasteiger partial charge >= 0.3 is 5.97 Å². The molecule has 0 bridgehead atoms. The monoisotopic (exact) mass is 455 g/mol. The van der Waals surface area contributed by atoms with Gasteiger partial charge < -0.3 is 26.2 Å². The van der Waals surface area contributed by atoms with Crippen molar-refractivity contribution in [3.63, 3.8) is 0 Å². The molecule has 0 radical (unpaired) electrons. The van der Waals surface area contributed by atoms with Gasteiger partial charge in [-0.05, 0) is 13.3 Å². The van der Waals surface area contributed by atoms with Crippen molar-refractivity contribution in [3.05, 3.63) is 10.6 Å². The summed E-state index contributed by atoms with van der Waals surface area (Å²) in [7, 11) is 1.86. The summed E-state index contributed by atoms with van der Waals surface area (Å²) in [5, 5.41) is 23.4. The Balaban J connectivity index is 1.43. The molecule has 0 spiro atoms. The Bertz CT molecular complexity index is 834. The SMILES string of the molecule is C[C@@H](O)[C@H]1C(=O)N2C(C(=O)O)=C(S[C@@H]3CN[C@H](C4CC[N+](C)(CC(N)=O)O4)C3)[C@H](C)[C@H]12. The largest absolute Gasteiger partial charge is 0.477 e. The number of quaternary nitrogens is 1. The molecule has 4 heterocycles. The summed E-state index contributed by atoms with van der Waals surface area (Å²) in [6.07, 6.45) is 0.775. The number of carboxylic acid groups (broad SMARTS) is 1. The second-order valence-electron chi connectivity index (χ2n) is 9.34. The number of amides is 2. The van der Waals surface area contributed by atoms with Crippen molar-refractivity contribution in [1.82, 2.24) is 10.2 Å². The summed E-state index contributed by atoms with van der Waals surface area (Å²) in [5.41, 5.74) is 5.40. The number of nitrogens with one attached hydrogen (secondary N) is 1. The molecule has 0 aromatic carbocycles. The van der Waals surface area contributed by atoms with Crippen molar-refractivity contribution in [2.75, 3.05) is 26.7 Å².